The van der Waals surface area contributed by atoms with Crippen LogP contribution in [0.15, 0.2) is 26.2 Å². The van der Waals surface area contributed by atoms with Crippen molar-refractivity contribution in [1.29, 1.82) is 0 Å². The Bertz CT molecular complexity index is 873. The predicted molar refractivity (Wildman–Crippen MR) is 88.3 cm³/mol. The molecule has 0 spiro atoms. The van der Waals surface area contributed by atoms with E-state index in [1.54, 1.807) is 6.07 Å². The third kappa shape index (κ3) is 3.53. The summed E-state index contributed by atoms with van der Waals surface area (Å²) in [6, 6.07) is 3.66. The standard InChI is InChI=1S/C15H16BrN3O4/c1-8(20)23-11-2-3-19(7-11)6-9-4-10(16)5-12-13(9)18-15(22)14(21)17-12/h4-5,11H,2-3,6-7H2,1H3,(H,17,21)(H,18,22). The van der Waals surface area contributed by atoms with Gasteiger partial charge in [0, 0.05) is 31.0 Å². The minimum atomic E-state index is -0.669. The first kappa shape index (κ1) is 15.9. The van der Waals surface area contributed by atoms with Crippen LogP contribution in [0.1, 0.15) is 18.9 Å². The molecule has 122 valence electrons. The number of aromatic amines is 2. The van der Waals surface area contributed by atoms with Crippen molar-refractivity contribution in [3.8, 4) is 0 Å². The Kier molecular flexibility index (Phi) is 4.36. The molecule has 1 unspecified atom stereocenters. The molecule has 7 nitrogen and oxygen atoms in total. The van der Waals surface area contributed by atoms with Gasteiger partial charge in [-0.05, 0) is 24.1 Å². The number of benzene rings is 1. The summed E-state index contributed by atoms with van der Waals surface area (Å²) < 4.78 is 6.05. The van der Waals surface area contributed by atoms with Crippen molar-refractivity contribution in [2.24, 2.45) is 0 Å². The SMILES string of the molecule is CC(=O)OC1CCN(Cc2cc(Br)cc3[nH]c(=O)c(=O)[nH]c23)C1. The zero-order valence-electron chi connectivity index (χ0n) is 12.5. The van der Waals surface area contributed by atoms with Crippen LogP contribution in [0.3, 0.4) is 0 Å². The van der Waals surface area contributed by atoms with Gasteiger partial charge in [-0.1, -0.05) is 15.9 Å². The molecule has 1 fully saturated rings. The number of halogens is 1. The van der Waals surface area contributed by atoms with Crippen molar-refractivity contribution in [3.05, 3.63) is 42.9 Å². The number of hydrogen-bond acceptors (Lipinski definition) is 5. The zero-order valence-corrected chi connectivity index (χ0v) is 14.1. The first-order valence-corrected chi connectivity index (χ1v) is 8.06. The fraction of sp³-hybridized carbons (Fsp3) is 0.400. The number of nitrogens with zero attached hydrogens (tertiary/aromatic N) is 1. The summed E-state index contributed by atoms with van der Waals surface area (Å²) in [7, 11) is 0. The average Bonchev–Trinajstić information content (AvgIpc) is 2.87. The Morgan fingerprint density at radius 1 is 1.35 bits per heavy atom. The van der Waals surface area contributed by atoms with Crippen LogP contribution in [-0.2, 0) is 16.1 Å². The van der Waals surface area contributed by atoms with Crippen LogP contribution in [0.5, 0.6) is 0 Å². The molecule has 2 heterocycles. The second-order valence-corrected chi connectivity index (χ2v) is 6.57. The molecular formula is C15H16BrN3O4. The molecule has 0 amide bonds. The number of ether oxygens (including phenoxy) is 1. The highest BCUT2D eigenvalue weighted by molar-refractivity contribution is 9.10. The van der Waals surface area contributed by atoms with Crippen molar-refractivity contribution in [3.63, 3.8) is 0 Å². The first-order chi connectivity index (χ1) is 10.9. The molecule has 1 aliphatic heterocycles. The van der Waals surface area contributed by atoms with Gasteiger partial charge >= 0.3 is 17.1 Å². The number of nitrogens with one attached hydrogen (secondary N) is 2. The molecule has 2 N–H and O–H groups in total. The lowest BCUT2D eigenvalue weighted by Crippen LogP contribution is -2.30. The van der Waals surface area contributed by atoms with Crippen molar-refractivity contribution in [2.75, 3.05) is 13.1 Å². The number of esters is 1. The Morgan fingerprint density at radius 2 is 2.09 bits per heavy atom. The van der Waals surface area contributed by atoms with Crippen molar-refractivity contribution >= 4 is 32.9 Å². The van der Waals surface area contributed by atoms with Crippen LogP contribution in [0.4, 0.5) is 0 Å². The fourth-order valence-electron chi connectivity index (χ4n) is 2.90. The summed E-state index contributed by atoms with van der Waals surface area (Å²) in [5, 5.41) is 0. The van der Waals surface area contributed by atoms with Crippen LogP contribution in [0, 0.1) is 0 Å². The molecular weight excluding hydrogens is 366 g/mol. The van der Waals surface area contributed by atoms with Gasteiger partial charge in [0.05, 0.1) is 11.0 Å². The van der Waals surface area contributed by atoms with Crippen molar-refractivity contribution in [2.45, 2.75) is 26.0 Å². The molecule has 1 saturated heterocycles. The summed E-state index contributed by atoms with van der Waals surface area (Å²) in [6.45, 7) is 3.46. The van der Waals surface area contributed by atoms with E-state index in [0.29, 0.717) is 24.1 Å². The Balaban J connectivity index is 1.88. The molecule has 0 aliphatic carbocycles. The number of likely N-dealkylation sites (tertiary alicyclic amines) is 1. The number of carbonyl (C=O) groups is 1. The van der Waals surface area contributed by atoms with E-state index in [0.717, 1.165) is 23.0 Å². The summed E-state index contributed by atoms with van der Waals surface area (Å²) >= 11 is 3.42. The largest absolute Gasteiger partial charge is 0.461 e. The average molecular weight is 382 g/mol. The highest BCUT2D eigenvalue weighted by Gasteiger charge is 2.25. The van der Waals surface area contributed by atoms with Gasteiger partial charge < -0.3 is 14.7 Å². The van der Waals surface area contributed by atoms with Gasteiger partial charge in [-0.2, -0.15) is 0 Å². The number of fused-ring (bicyclic) bond motifs is 1. The maximum absolute atomic E-state index is 11.6. The van der Waals surface area contributed by atoms with E-state index in [9.17, 15) is 14.4 Å². The quantitative estimate of drug-likeness (QED) is 0.613. The van der Waals surface area contributed by atoms with Gasteiger partial charge in [-0.3, -0.25) is 19.3 Å². The molecule has 1 aromatic carbocycles. The van der Waals surface area contributed by atoms with Gasteiger partial charge in [-0.15, -0.1) is 0 Å². The summed E-state index contributed by atoms with van der Waals surface area (Å²) in [6.07, 6.45) is 0.698. The van der Waals surface area contributed by atoms with Crippen LogP contribution < -0.4 is 11.1 Å². The van der Waals surface area contributed by atoms with Crippen LogP contribution in [0.2, 0.25) is 0 Å². The van der Waals surface area contributed by atoms with Crippen LogP contribution in [-0.4, -0.2) is 40.0 Å². The van der Waals surface area contributed by atoms with E-state index < -0.39 is 11.1 Å². The monoisotopic (exact) mass is 381 g/mol. The van der Waals surface area contributed by atoms with E-state index in [1.165, 1.54) is 6.92 Å². The predicted octanol–water partition coefficient (Wildman–Crippen LogP) is 1.12. The summed E-state index contributed by atoms with van der Waals surface area (Å²) in [4.78, 5) is 41.5. The topological polar surface area (TPSA) is 95.3 Å². The molecule has 8 heteroatoms. The lowest BCUT2D eigenvalue weighted by atomic mass is 10.1. The third-order valence-electron chi connectivity index (χ3n) is 3.83. The third-order valence-corrected chi connectivity index (χ3v) is 4.29. The van der Waals surface area contributed by atoms with Gasteiger partial charge in [-0.25, -0.2) is 0 Å². The van der Waals surface area contributed by atoms with E-state index in [1.807, 2.05) is 6.07 Å². The number of carbonyl (C=O) groups excluding carboxylic acids is 1. The number of aromatic nitrogens is 2. The normalized spacial score (nSPS) is 18.4. The Morgan fingerprint density at radius 3 is 2.83 bits per heavy atom. The zero-order chi connectivity index (χ0) is 16.6. The van der Waals surface area contributed by atoms with Gasteiger partial charge in [0.25, 0.3) is 0 Å². The van der Waals surface area contributed by atoms with Gasteiger partial charge in [0.15, 0.2) is 0 Å². The fourth-order valence-corrected chi connectivity index (χ4v) is 3.40. The van der Waals surface area contributed by atoms with Crippen LogP contribution >= 0.6 is 15.9 Å². The maximum atomic E-state index is 11.6. The van der Waals surface area contributed by atoms with Gasteiger partial charge in [0.2, 0.25) is 0 Å². The first-order valence-electron chi connectivity index (χ1n) is 7.26. The molecule has 3 rings (SSSR count). The number of H-pyrrole nitrogens is 2. The van der Waals surface area contributed by atoms with Crippen LogP contribution in [0.25, 0.3) is 11.0 Å². The van der Waals surface area contributed by atoms with Gasteiger partial charge in [0.1, 0.15) is 6.10 Å². The van der Waals surface area contributed by atoms with E-state index in [-0.39, 0.29) is 12.1 Å². The number of hydrogen-bond donors (Lipinski definition) is 2. The molecule has 0 bridgehead atoms. The second kappa shape index (κ2) is 6.29. The minimum Gasteiger partial charge on any atom is -0.461 e. The second-order valence-electron chi connectivity index (χ2n) is 5.65. The Labute approximate surface area is 139 Å². The molecule has 1 aliphatic rings. The smallest absolute Gasteiger partial charge is 0.314 e. The van der Waals surface area contributed by atoms with E-state index in [2.05, 4.69) is 30.8 Å². The lowest BCUT2D eigenvalue weighted by molar-refractivity contribution is -0.145. The molecule has 23 heavy (non-hydrogen) atoms. The lowest BCUT2D eigenvalue weighted by Gasteiger charge is -2.17. The summed E-state index contributed by atoms with van der Waals surface area (Å²) in [5.74, 6) is -0.272. The molecule has 1 aromatic heterocycles. The van der Waals surface area contributed by atoms with Crippen molar-refractivity contribution in [1.82, 2.24) is 14.9 Å². The van der Waals surface area contributed by atoms with E-state index >= 15 is 0 Å². The molecule has 1 atom stereocenters. The van der Waals surface area contributed by atoms with Crippen molar-refractivity contribution < 1.29 is 9.53 Å². The molecule has 2 aromatic rings. The highest BCUT2D eigenvalue weighted by Crippen LogP contribution is 2.23. The maximum Gasteiger partial charge on any atom is 0.314 e. The summed E-state index contributed by atoms with van der Waals surface area (Å²) in [5.41, 5.74) is 0.757. The Hall–Kier alpha value is -1.93. The molecule has 0 saturated carbocycles. The molecule has 0 radical (unpaired) electrons. The van der Waals surface area contributed by atoms with E-state index in [4.69, 9.17) is 4.74 Å². The highest BCUT2D eigenvalue weighted by atomic mass is 79.9. The minimum absolute atomic E-state index is 0.0928. The number of rotatable bonds is 3.